The van der Waals surface area contributed by atoms with Gasteiger partial charge >= 0.3 is 0 Å². The van der Waals surface area contributed by atoms with Crippen molar-refractivity contribution in [3.05, 3.63) is 99.4 Å². The van der Waals surface area contributed by atoms with E-state index in [1.165, 1.54) is 0 Å². The van der Waals surface area contributed by atoms with Crippen molar-refractivity contribution in [2.45, 2.75) is 32.9 Å². The summed E-state index contributed by atoms with van der Waals surface area (Å²) < 4.78 is 7.43. The fourth-order valence-electron chi connectivity index (χ4n) is 4.43. The minimum absolute atomic E-state index is 0.100. The third-order valence-corrected chi connectivity index (χ3v) is 7.70. The van der Waals surface area contributed by atoms with E-state index in [0.717, 1.165) is 38.5 Å². The van der Waals surface area contributed by atoms with Crippen LogP contribution in [0.15, 0.2) is 81.8 Å². The van der Waals surface area contributed by atoms with Gasteiger partial charge in [-0.15, -0.1) is 0 Å². The molecule has 0 aliphatic carbocycles. The monoisotopic (exact) mass is 608 g/mol. The van der Waals surface area contributed by atoms with Crippen LogP contribution in [0.3, 0.4) is 0 Å². The molecule has 0 radical (unpaired) electrons. The first-order valence-corrected chi connectivity index (χ1v) is 13.8. The van der Waals surface area contributed by atoms with Gasteiger partial charge in [-0.3, -0.25) is 9.78 Å². The lowest BCUT2D eigenvalue weighted by molar-refractivity contribution is -0.118. The number of pyridine rings is 1. The Bertz CT molecular complexity index is 1510. The lowest BCUT2D eigenvalue weighted by Gasteiger charge is -2.26. The van der Waals surface area contributed by atoms with Gasteiger partial charge in [0, 0.05) is 27.8 Å². The Morgan fingerprint density at radius 1 is 1.16 bits per heavy atom. The van der Waals surface area contributed by atoms with Crippen LogP contribution >= 0.6 is 39.7 Å². The Morgan fingerprint density at radius 3 is 2.66 bits per heavy atom. The van der Waals surface area contributed by atoms with Crippen molar-refractivity contribution in [1.82, 2.24) is 10.3 Å². The van der Waals surface area contributed by atoms with Crippen molar-refractivity contribution in [3.63, 3.8) is 0 Å². The highest BCUT2D eigenvalue weighted by molar-refractivity contribution is 9.10. The predicted molar refractivity (Wildman–Crippen MR) is 159 cm³/mol. The van der Waals surface area contributed by atoms with Crippen LogP contribution < -0.4 is 15.5 Å². The first-order chi connectivity index (χ1) is 18.2. The second kappa shape index (κ2) is 10.9. The summed E-state index contributed by atoms with van der Waals surface area (Å²) in [7, 11) is 0. The Labute approximate surface area is 240 Å². The molecule has 0 bridgehead atoms. The number of carbonyl (C=O) groups excluding carboxylic acids is 1. The molecule has 1 fully saturated rings. The standard InChI is InChI=1S/C29H26BrClN4O2S/c1-16(2)28(36)33-22-10-8-18(15-21(22)31)35-27(26(34-29(35)38)23-6-4-5-13-32-23)25-12-11-24(37-25)19-9-7-17(3)14-20(19)30/h4-16,26-27H,1-3H3,(H,33,36)(H,34,38)/t26-,27-/m0/s1. The Morgan fingerprint density at radius 2 is 1.97 bits per heavy atom. The van der Waals surface area contributed by atoms with E-state index >= 15 is 0 Å². The molecule has 0 spiro atoms. The normalized spacial score (nSPS) is 17.1. The Kier molecular flexibility index (Phi) is 7.56. The van der Waals surface area contributed by atoms with E-state index < -0.39 is 0 Å². The number of nitrogens with zero attached hydrogens (tertiary/aromatic N) is 2. The van der Waals surface area contributed by atoms with Crippen LogP contribution in [0, 0.1) is 12.8 Å². The third-order valence-electron chi connectivity index (χ3n) is 6.42. The van der Waals surface area contributed by atoms with Crippen molar-refractivity contribution < 1.29 is 9.21 Å². The smallest absolute Gasteiger partial charge is 0.226 e. The van der Waals surface area contributed by atoms with E-state index in [9.17, 15) is 4.79 Å². The molecule has 1 aliphatic rings. The molecule has 2 N–H and O–H groups in total. The number of benzene rings is 2. The molecule has 1 amide bonds. The summed E-state index contributed by atoms with van der Waals surface area (Å²) in [5.41, 5.74) is 4.28. The summed E-state index contributed by atoms with van der Waals surface area (Å²) in [4.78, 5) is 18.8. The van der Waals surface area contributed by atoms with Gasteiger partial charge in [0.2, 0.25) is 5.91 Å². The number of amides is 1. The number of aromatic nitrogens is 1. The quantitative estimate of drug-likeness (QED) is 0.217. The van der Waals surface area contributed by atoms with Crippen LogP contribution in [0.25, 0.3) is 11.3 Å². The van der Waals surface area contributed by atoms with E-state index in [1.807, 2.05) is 68.1 Å². The molecule has 2 atom stereocenters. The number of rotatable bonds is 6. The molecule has 38 heavy (non-hydrogen) atoms. The lowest BCUT2D eigenvalue weighted by atomic mass is 10.0. The molecule has 0 unspecified atom stereocenters. The summed E-state index contributed by atoms with van der Waals surface area (Å²) in [5, 5.41) is 7.25. The van der Waals surface area contributed by atoms with Crippen LogP contribution in [0.4, 0.5) is 11.4 Å². The molecule has 2 aromatic carbocycles. The van der Waals surface area contributed by atoms with Crippen molar-refractivity contribution >= 4 is 62.1 Å². The molecule has 6 nitrogen and oxygen atoms in total. The van der Waals surface area contributed by atoms with E-state index in [0.29, 0.717) is 15.8 Å². The molecule has 194 valence electrons. The lowest BCUT2D eigenvalue weighted by Crippen LogP contribution is -2.29. The highest BCUT2D eigenvalue weighted by atomic mass is 79.9. The topological polar surface area (TPSA) is 70.4 Å². The van der Waals surface area contributed by atoms with Gasteiger partial charge in [0.15, 0.2) is 5.11 Å². The number of hydrogen-bond acceptors (Lipinski definition) is 4. The van der Waals surface area contributed by atoms with E-state index in [-0.39, 0.29) is 23.9 Å². The zero-order valence-electron chi connectivity index (χ0n) is 21.0. The summed E-state index contributed by atoms with van der Waals surface area (Å²) in [5.74, 6) is 1.21. The van der Waals surface area contributed by atoms with Crippen molar-refractivity contribution in [2.75, 3.05) is 10.2 Å². The minimum Gasteiger partial charge on any atom is -0.459 e. The maximum absolute atomic E-state index is 12.2. The molecule has 2 aromatic heterocycles. The number of carbonyl (C=O) groups is 1. The zero-order valence-corrected chi connectivity index (χ0v) is 24.2. The Balaban J connectivity index is 1.56. The second-order valence-corrected chi connectivity index (χ2v) is 11.1. The average Bonchev–Trinajstić information content (AvgIpc) is 3.50. The SMILES string of the molecule is Cc1ccc(-c2ccc([C@H]3[C@H](c4ccccn4)NC(=S)N3c3ccc(NC(=O)C(C)C)c(Cl)c3)o2)c(Br)c1. The number of halogens is 2. The number of furan rings is 1. The molecule has 1 aliphatic heterocycles. The van der Waals surface area contributed by atoms with Crippen LogP contribution in [0.1, 0.15) is 42.9 Å². The Hall–Kier alpha value is -3.20. The summed E-state index contributed by atoms with van der Waals surface area (Å²) >= 11 is 16.1. The molecule has 9 heteroatoms. The largest absolute Gasteiger partial charge is 0.459 e. The van der Waals surface area contributed by atoms with Crippen LogP contribution in [0.2, 0.25) is 5.02 Å². The molecule has 4 aromatic rings. The summed E-state index contributed by atoms with van der Waals surface area (Å²) in [6, 6.07) is 20.8. The summed E-state index contributed by atoms with van der Waals surface area (Å²) in [6.45, 7) is 5.72. The fourth-order valence-corrected chi connectivity index (χ4v) is 5.69. The summed E-state index contributed by atoms with van der Waals surface area (Å²) in [6.07, 6.45) is 1.76. The van der Waals surface area contributed by atoms with Gasteiger partial charge in [0.25, 0.3) is 0 Å². The van der Waals surface area contributed by atoms with Gasteiger partial charge in [-0.1, -0.05) is 53.5 Å². The maximum Gasteiger partial charge on any atom is 0.226 e. The zero-order chi connectivity index (χ0) is 27.0. The first-order valence-electron chi connectivity index (χ1n) is 12.2. The fraction of sp³-hybridized carbons (Fsp3) is 0.207. The van der Waals surface area contributed by atoms with E-state index in [4.69, 9.17) is 28.2 Å². The van der Waals surface area contributed by atoms with Gasteiger partial charge in [0.1, 0.15) is 17.6 Å². The van der Waals surface area contributed by atoms with Crippen molar-refractivity contribution in [3.8, 4) is 11.3 Å². The minimum atomic E-state index is -0.331. The highest BCUT2D eigenvalue weighted by Gasteiger charge is 2.42. The number of aryl methyl sites for hydroxylation is 1. The van der Waals surface area contributed by atoms with Crippen molar-refractivity contribution in [1.29, 1.82) is 0 Å². The van der Waals surface area contributed by atoms with Gasteiger partial charge in [-0.05, 0) is 79.3 Å². The van der Waals surface area contributed by atoms with E-state index in [2.05, 4.69) is 43.7 Å². The van der Waals surface area contributed by atoms with Gasteiger partial charge in [0.05, 0.1) is 22.4 Å². The molecular weight excluding hydrogens is 584 g/mol. The highest BCUT2D eigenvalue weighted by Crippen LogP contribution is 2.44. The predicted octanol–water partition coefficient (Wildman–Crippen LogP) is 7.84. The first kappa shape index (κ1) is 26.4. The molecular formula is C29H26BrClN4O2S. The molecule has 5 rings (SSSR count). The third kappa shape index (κ3) is 5.21. The van der Waals surface area contributed by atoms with E-state index in [1.54, 1.807) is 18.3 Å². The van der Waals surface area contributed by atoms with Gasteiger partial charge in [-0.2, -0.15) is 0 Å². The second-order valence-electron chi connectivity index (χ2n) is 9.49. The average molecular weight is 610 g/mol. The molecule has 1 saturated heterocycles. The number of hydrogen-bond donors (Lipinski definition) is 2. The van der Waals surface area contributed by atoms with Crippen LogP contribution in [-0.2, 0) is 4.79 Å². The number of thiocarbonyl (C=S) groups is 1. The number of nitrogens with one attached hydrogen (secondary N) is 2. The number of anilines is 2. The van der Waals surface area contributed by atoms with Crippen LogP contribution in [0.5, 0.6) is 0 Å². The maximum atomic E-state index is 12.2. The van der Waals surface area contributed by atoms with Crippen LogP contribution in [-0.4, -0.2) is 16.0 Å². The molecule has 3 heterocycles. The van der Waals surface area contributed by atoms with Gasteiger partial charge < -0.3 is 20.0 Å². The molecule has 0 saturated carbocycles. The van der Waals surface area contributed by atoms with Gasteiger partial charge in [-0.25, -0.2) is 0 Å². The van der Waals surface area contributed by atoms with Crippen molar-refractivity contribution in [2.24, 2.45) is 5.92 Å².